The van der Waals surface area contributed by atoms with E-state index in [0.717, 1.165) is 0 Å². The van der Waals surface area contributed by atoms with Crippen molar-refractivity contribution in [2.24, 2.45) is 0 Å². The zero-order valence-electron chi connectivity index (χ0n) is 9.19. The van der Waals surface area contributed by atoms with Gasteiger partial charge in [-0.05, 0) is 20.9 Å². The third kappa shape index (κ3) is 6.23. The minimum Gasteiger partial charge on any atom is -0.376 e. The highest BCUT2D eigenvalue weighted by atomic mass is 19.3. The van der Waals surface area contributed by atoms with E-state index in [2.05, 4.69) is 5.32 Å². The molecule has 5 heteroatoms. The number of methoxy groups -OCH3 is 1. The molecule has 0 amide bonds. The lowest BCUT2D eigenvalue weighted by atomic mass is 10.1. The van der Waals surface area contributed by atoms with Crippen molar-refractivity contribution >= 4 is 0 Å². The zero-order valence-corrected chi connectivity index (χ0v) is 9.19. The first-order valence-corrected chi connectivity index (χ1v) is 4.48. The van der Waals surface area contributed by atoms with E-state index in [9.17, 15) is 8.78 Å². The number of nitrogens with one attached hydrogen (secondary N) is 1. The average Bonchev–Trinajstić information content (AvgIpc) is 2.03. The number of halogens is 2. The van der Waals surface area contributed by atoms with Crippen LogP contribution in [0.4, 0.5) is 8.78 Å². The molecule has 3 nitrogen and oxygen atoms in total. The van der Waals surface area contributed by atoms with Gasteiger partial charge in [-0.15, -0.1) is 0 Å². The van der Waals surface area contributed by atoms with Gasteiger partial charge in [-0.3, -0.25) is 0 Å². The first-order chi connectivity index (χ1) is 6.33. The molecule has 86 valence electrons. The van der Waals surface area contributed by atoms with Crippen molar-refractivity contribution in [3.05, 3.63) is 0 Å². The topological polar surface area (TPSA) is 30.5 Å². The van der Waals surface area contributed by atoms with Gasteiger partial charge in [-0.25, -0.2) is 8.78 Å². The van der Waals surface area contributed by atoms with E-state index in [4.69, 9.17) is 9.47 Å². The molecule has 0 aliphatic rings. The second kappa shape index (κ2) is 5.58. The molecule has 0 aliphatic carbocycles. The van der Waals surface area contributed by atoms with Crippen LogP contribution in [0.5, 0.6) is 0 Å². The molecule has 0 heterocycles. The zero-order chi connectivity index (χ0) is 11.2. The van der Waals surface area contributed by atoms with Gasteiger partial charge in [0.25, 0.3) is 5.92 Å². The lowest BCUT2D eigenvalue weighted by Gasteiger charge is -2.24. The molecule has 14 heavy (non-hydrogen) atoms. The van der Waals surface area contributed by atoms with Crippen molar-refractivity contribution in [3.63, 3.8) is 0 Å². The van der Waals surface area contributed by atoms with Crippen molar-refractivity contribution in [2.45, 2.75) is 25.4 Å². The Balaban J connectivity index is 3.73. The van der Waals surface area contributed by atoms with Crippen molar-refractivity contribution in [3.8, 4) is 0 Å². The van der Waals surface area contributed by atoms with E-state index >= 15 is 0 Å². The SMILES string of the molecule is CNCC(F)(F)COCC(C)(C)OC. The summed E-state index contributed by atoms with van der Waals surface area (Å²) in [5.74, 6) is -2.82. The van der Waals surface area contributed by atoms with Crippen LogP contribution in [-0.4, -0.2) is 45.4 Å². The van der Waals surface area contributed by atoms with E-state index < -0.39 is 18.1 Å². The molecule has 1 N–H and O–H groups in total. The minimum absolute atomic E-state index is 0.156. The van der Waals surface area contributed by atoms with Crippen LogP contribution in [0.25, 0.3) is 0 Å². The molecule has 0 aromatic heterocycles. The van der Waals surface area contributed by atoms with Crippen molar-refractivity contribution in [1.82, 2.24) is 5.32 Å². The van der Waals surface area contributed by atoms with E-state index in [0.29, 0.717) is 0 Å². The normalized spacial score (nSPS) is 13.3. The van der Waals surface area contributed by atoms with Gasteiger partial charge in [-0.2, -0.15) is 0 Å². The summed E-state index contributed by atoms with van der Waals surface area (Å²) in [4.78, 5) is 0. The third-order valence-electron chi connectivity index (χ3n) is 1.75. The maximum Gasteiger partial charge on any atom is 0.283 e. The van der Waals surface area contributed by atoms with Gasteiger partial charge in [0.05, 0.1) is 18.8 Å². The van der Waals surface area contributed by atoms with Gasteiger partial charge in [0.15, 0.2) is 0 Å². The van der Waals surface area contributed by atoms with E-state index in [1.807, 2.05) is 0 Å². The Hall–Kier alpha value is -0.260. The Morgan fingerprint density at radius 2 is 1.79 bits per heavy atom. The fourth-order valence-electron chi connectivity index (χ4n) is 0.815. The fourth-order valence-corrected chi connectivity index (χ4v) is 0.815. The molecule has 0 spiro atoms. The number of rotatable bonds is 7. The molecule has 0 radical (unpaired) electrons. The van der Waals surface area contributed by atoms with Gasteiger partial charge in [0.2, 0.25) is 0 Å². The van der Waals surface area contributed by atoms with Crippen LogP contribution in [0.3, 0.4) is 0 Å². The average molecular weight is 211 g/mol. The van der Waals surface area contributed by atoms with Crippen LogP contribution in [0.15, 0.2) is 0 Å². The Morgan fingerprint density at radius 1 is 1.21 bits per heavy atom. The van der Waals surface area contributed by atoms with Crippen LogP contribution < -0.4 is 5.32 Å². The summed E-state index contributed by atoms with van der Waals surface area (Å²) >= 11 is 0. The molecule has 0 saturated carbocycles. The first-order valence-electron chi connectivity index (χ1n) is 4.48. The lowest BCUT2D eigenvalue weighted by Crippen LogP contribution is -2.38. The minimum atomic E-state index is -2.82. The van der Waals surface area contributed by atoms with Crippen LogP contribution in [0.2, 0.25) is 0 Å². The first kappa shape index (κ1) is 13.7. The van der Waals surface area contributed by atoms with Crippen LogP contribution in [-0.2, 0) is 9.47 Å². The summed E-state index contributed by atoms with van der Waals surface area (Å²) in [5.41, 5.74) is -0.518. The lowest BCUT2D eigenvalue weighted by molar-refractivity contribution is -0.112. The Bertz CT molecular complexity index is 163. The highest BCUT2D eigenvalue weighted by molar-refractivity contribution is 4.70. The summed E-state index contributed by atoms with van der Waals surface area (Å²) in [6.07, 6.45) is 0. The van der Waals surface area contributed by atoms with Crippen LogP contribution in [0, 0.1) is 0 Å². The molecule has 0 fully saturated rings. The number of hydrogen-bond donors (Lipinski definition) is 1. The van der Waals surface area contributed by atoms with Crippen molar-refractivity contribution < 1.29 is 18.3 Å². The van der Waals surface area contributed by atoms with Crippen LogP contribution in [0.1, 0.15) is 13.8 Å². The summed E-state index contributed by atoms with van der Waals surface area (Å²) in [6.45, 7) is 2.76. The van der Waals surface area contributed by atoms with Gasteiger partial charge in [-0.1, -0.05) is 0 Å². The Morgan fingerprint density at radius 3 is 2.21 bits per heavy atom. The van der Waals surface area contributed by atoms with Crippen molar-refractivity contribution in [2.75, 3.05) is 33.9 Å². The number of alkyl halides is 2. The Labute approximate surface area is 83.8 Å². The summed E-state index contributed by atoms with van der Waals surface area (Å²) in [5, 5.41) is 2.41. The monoisotopic (exact) mass is 211 g/mol. The summed E-state index contributed by atoms with van der Waals surface area (Å²) in [7, 11) is 3.00. The second-order valence-corrected chi connectivity index (χ2v) is 3.84. The smallest absolute Gasteiger partial charge is 0.283 e. The van der Waals surface area contributed by atoms with Gasteiger partial charge in [0.1, 0.15) is 6.61 Å². The summed E-state index contributed by atoms with van der Waals surface area (Å²) < 4.78 is 35.7. The molecule has 0 aromatic rings. The molecule has 0 unspecified atom stereocenters. The van der Waals surface area contributed by atoms with Crippen molar-refractivity contribution in [1.29, 1.82) is 0 Å². The fraction of sp³-hybridized carbons (Fsp3) is 1.00. The van der Waals surface area contributed by atoms with E-state index in [-0.39, 0.29) is 13.2 Å². The molecule has 0 aromatic carbocycles. The maximum absolute atomic E-state index is 12.9. The molecular weight excluding hydrogens is 192 g/mol. The number of hydrogen-bond acceptors (Lipinski definition) is 3. The predicted octanol–water partition coefficient (Wildman–Crippen LogP) is 1.28. The largest absolute Gasteiger partial charge is 0.376 e. The summed E-state index contributed by atoms with van der Waals surface area (Å²) in [6, 6.07) is 0. The Kier molecular flexibility index (Phi) is 5.48. The number of ether oxygens (including phenoxy) is 2. The van der Waals surface area contributed by atoms with Gasteiger partial charge < -0.3 is 14.8 Å². The highest BCUT2D eigenvalue weighted by Crippen LogP contribution is 2.14. The van der Waals surface area contributed by atoms with Gasteiger partial charge in [0, 0.05) is 7.11 Å². The maximum atomic E-state index is 12.9. The highest BCUT2D eigenvalue weighted by Gasteiger charge is 2.29. The van der Waals surface area contributed by atoms with E-state index in [1.165, 1.54) is 14.2 Å². The quantitative estimate of drug-likeness (QED) is 0.688. The molecule has 0 saturated heterocycles. The molecule has 0 aliphatic heterocycles. The molecule has 0 rings (SSSR count). The molecular formula is C9H19F2NO2. The molecule has 0 atom stereocenters. The molecule has 0 bridgehead atoms. The van der Waals surface area contributed by atoms with E-state index in [1.54, 1.807) is 13.8 Å². The third-order valence-corrected chi connectivity index (χ3v) is 1.75. The second-order valence-electron chi connectivity index (χ2n) is 3.84. The standard InChI is InChI=1S/C9H19F2NO2/c1-8(2,13-4)6-14-7-9(10,11)5-12-3/h12H,5-7H2,1-4H3. The van der Waals surface area contributed by atoms with Gasteiger partial charge >= 0.3 is 0 Å². The van der Waals surface area contributed by atoms with Crippen LogP contribution >= 0.6 is 0 Å². The predicted molar refractivity (Wildman–Crippen MR) is 50.8 cm³/mol.